The van der Waals surface area contributed by atoms with Gasteiger partial charge in [0.15, 0.2) is 5.78 Å². The summed E-state index contributed by atoms with van der Waals surface area (Å²) in [6.45, 7) is 5.44. The molecule has 0 radical (unpaired) electrons. The number of halogens is 2. The van der Waals surface area contributed by atoms with Crippen molar-refractivity contribution in [2.24, 2.45) is 0 Å². The zero-order valence-electron chi connectivity index (χ0n) is 12.1. The lowest BCUT2D eigenvalue weighted by atomic mass is 9.89. The van der Waals surface area contributed by atoms with Gasteiger partial charge in [-0.15, -0.1) is 0 Å². The minimum Gasteiger partial charge on any atom is -0.297 e. The quantitative estimate of drug-likeness (QED) is 0.843. The van der Waals surface area contributed by atoms with E-state index in [1.807, 2.05) is 13.8 Å². The lowest BCUT2D eigenvalue weighted by molar-refractivity contribution is -0.129. The smallest absolute Gasteiger partial charge is 0.157 e. The number of hydrogen-bond acceptors (Lipinski definition) is 2. The van der Waals surface area contributed by atoms with Gasteiger partial charge in [0.25, 0.3) is 0 Å². The molecule has 0 bridgehead atoms. The first-order valence-electron chi connectivity index (χ1n) is 7.14. The van der Waals surface area contributed by atoms with Gasteiger partial charge in [-0.1, -0.05) is 12.5 Å². The number of ketones is 1. The number of hydrogen-bond donors (Lipinski definition) is 0. The maximum absolute atomic E-state index is 13.6. The van der Waals surface area contributed by atoms with E-state index in [4.69, 9.17) is 0 Å². The molecule has 0 aliphatic carbocycles. The molecule has 2 rings (SSSR count). The molecule has 1 aliphatic heterocycles. The first-order valence-corrected chi connectivity index (χ1v) is 7.14. The monoisotopic (exact) mass is 281 g/mol. The first-order chi connectivity index (χ1) is 9.43. The number of benzene rings is 1. The number of likely N-dealkylation sites (tertiary alicyclic amines) is 1. The third-order valence-corrected chi connectivity index (χ3v) is 4.23. The van der Waals surface area contributed by atoms with E-state index in [0.717, 1.165) is 25.9 Å². The van der Waals surface area contributed by atoms with Crippen molar-refractivity contribution in [3.8, 4) is 0 Å². The number of carbonyl (C=O) groups is 1. The van der Waals surface area contributed by atoms with Crippen LogP contribution in [0.5, 0.6) is 0 Å². The van der Waals surface area contributed by atoms with Gasteiger partial charge in [0, 0.05) is 12.0 Å². The Bertz CT molecular complexity index is 473. The van der Waals surface area contributed by atoms with Crippen LogP contribution in [0.15, 0.2) is 18.2 Å². The fourth-order valence-corrected chi connectivity index (χ4v) is 2.71. The number of nitrogens with zero attached hydrogens (tertiary/aromatic N) is 1. The van der Waals surface area contributed by atoms with Crippen LogP contribution in [0.4, 0.5) is 8.78 Å². The molecule has 0 atom stereocenters. The van der Waals surface area contributed by atoms with E-state index in [9.17, 15) is 13.6 Å². The molecule has 1 aromatic carbocycles. The summed E-state index contributed by atoms with van der Waals surface area (Å²) in [6, 6.07) is 3.70. The lowest BCUT2D eigenvalue weighted by Crippen LogP contribution is -2.52. The average molecular weight is 281 g/mol. The van der Waals surface area contributed by atoms with E-state index in [2.05, 4.69) is 4.90 Å². The summed E-state index contributed by atoms with van der Waals surface area (Å²) in [7, 11) is 0. The standard InChI is InChI=1S/C16H21F2NO/c1-16(2,19-9-4-3-5-10-19)15(20)11-12-13(17)7-6-8-14(12)18/h6-8H,3-5,9-11H2,1-2H3. The Morgan fingerprint density at radius 2 is 1.70 bits per heavy atom. The molecule has 110 valence electrons. The largest absolute Gasteiger partial charge is 0.297 e. The Labute approximate surface area is 118 Å². The number of rotatable bonds is 4. The van der Waals surface area contributed by atoms with Crippen LogP contribution in [0.2, 0.25) is 0 Å². The van der Waals surface area contributed by atoms with Crippen molar-refractivity contribution in [2.75, 3.05) is 13.1 Å². The normalized spacial score (nSPS) is 17.2. The second kappa shape index (κ2) is 6.00. The maximum atomic E-state index is 13.6. The third kappa shape index (κ3) is 3.06. The number of Topliss-reactive ketones (excluding diaryl/α,β-unsaturated/α-hetero) is 1. The van der Waals surface area contributed by atoms with Gasteiger partial charge in [0.05, 0.1) is 5.54 Å². The van der Waals surface area contributed by atoms with E-state index in [-0.39, 0.29) is 17.8 Å². The van der Waals surface area contributed by atoms with Gasteiger partial charge in [0.1, 0.15) is 11.6 Å². The van der Waals surface area contributed by atoms with Gasteiger partial charge in [-0.05, 0) is 51.9 Å². The average Bonchev–Trinajstić information content (AvgIpc) is 2.43. The fraction of sp³-hybridized carbons (Fsp3) is 0.562. The highest BCUT2D eigenvalue weighted by molar-refractivity contribution is 5.89. The topological polar surface area (TPSA) is 20.3 Å². The van der Waals surface area contributed by atoms with Gasteiger partial charge in [-0.3, -0.25) is 9.69 Å². The first kappa shape index (κ1) is 15.1. The van der Waals surface area contributed by atoms with Gasteiger partial charge in [-0.2, -0.15) is 0 Å². The molecule has 1 saturated heterocycles. The van der Waals surface area contributed by atoms with Crippen LogP contribution in [0.1, 0.15) is 38.7 Å². The molecule has 1 heterocycles. The summed E-state index contributed by atoms with van der Waals surface area (Å²) >= 11 is 0. The van der Waals surface area contributed by atoms with Crippen LogP contribution in [-0.2, 0) is 11.2 Å². The highest BCUT2D eigenvalue weighted by Crippen LogP contribution is 2.24. The van der Waals surface area contributed by atoms with Gasteiger partial charge < -0.3 is 0 Å². The van der Waals surface area contributed by atoms with E-state index < -0.39 is 17.2 Å². The summed E-state index contributed by atoms with van der Waals surface area (Å²) in [5.41, 5.74) is -0.794. The van der Waals surface area contributed by atoms with E-state index in [1.54, 1.807) is 0 Å². The molecule has 0 saturated carbocycles. The molecule has 2 nitrogen and oxygen atoms in total. The van der Waals surface area contributed by atoms with Gasteiger partial charge >= 0.3 is 0 Å². The van der Waals surface area contributed by atoms with Crippen molar-refractivity contribution in [3.05, 3.63) is 35.4 Å². The Morgan fingerprint density at radius 3 is 2.25 bits per heavy atom. The van der Waals surface area contributed by atoms with Crippen LogP contribution in [0, 0.1) is 11.6 Å². The van der Waals surface area contributed by atoms with Crippen LogP contribution < -0.4 is 0 Å². The minimum absolute atomic E-state index is 0.123. The summed E-state index contributed by atoms with van der Waals surface area (Å²) in [5.74, 6) is -1.43. The van der Waals surface area contributed by atoms with Crippen LogP contribution >= 0.6 is 0 Å². The molecule has 4 heteroatoms. The van der Waals surface area contributed by atoms with Crippen LogP contribution in [0.3, 0.4) is 0 Å². The summed E-state index contributed by atoms with van der Waals surface area (Å²) in [5, 5.41) is 0. The molecule has 1 aromatic rings. The van der Waals surface area contributed by atoms with Crippen molar-refractivity contribution in [2.45, 2.75) is 45.1 Å². The Kier molecular flexibility index (Phi) is 4.53. The Balaban J connectivity index is 2.14. The van der Waals surface area contributed by atoms with Crippen molar-refractivity contribution in [1.29, 1.82) is 0 Å². The van der Waals surface area contributed by atoms with Crippen molar-refractivity contribution < 1.29 is 13.6 Å². The number of piperidine rings is 1. The van der Waals surface area contributed by atoms with Crippen LogP contribution in [0.25, 0.3) is 0 Å². The second-order valence-corrected chi connectivity index (χ2v) is 5.91. The molecular formula is C16H21F2NO. The summed E-state index contributed by atoms with van der Waals surface area (Å²) < 4.78 is 27.3. The summed E-state index contributed by atoms with van der Waals surface area (Å²) in [6.07, 6.45) is 3.14. The maximum Gasteiger partial charge on any atom is 0.157 e. The third-order valence-electron chi connectivity index (χ3n) is 4.23. The van der Waals surface area contributed by atoms with Crippen molar-refractivity contribution >= 4 is 5.78 Å². The molecule has 0 aromatic heterocycles. The lowest BCUT2D eigenvalue weighted by Gasteiger charge is -2.39. The van der Waals surface area contributed by atoms with Crippen molar-refractivity contribution in [1.82, 2.24) is 4.90 Å². The van der Waals surface area contributed by atoms with Gasteiger partial charge in [0.2, 0.25) is 0 Å². The Hall–Kier alpha value is -1.29. The van der Waals surface area contributed by atoms with E-state index >= 15 is 0 Å². The second-order valence-electron chi connectivity index (χ2n) is 5.91. The fourth-order valence-electron chi connectivity index (χ4n) is 2.71. The molecule has 1 aliphatic rings. The zero-order valence-corrected chi connectivity index (χ0v) is 12.1. The van der Waals surface area contributed by atoms with Crippen LogP contribution in [-0.4, -0.2) is 29.3 Å². The van der Waals surface area contributed by atoms with Crippen molar-refractivity contribution in [3.63, 3.8) is 0 Å². The van der Waals surface area contributed by atoms with E-state index in [1.165, 1.54) is 24.6 Å². The Morgan fingerprint density at radius 1 is 1.15 bits per heavy atom. The highest BCUT2D eigenvalue weighted by atomic mass is 19.1. The molecular weight excluding hydrogens is 260 g/mol. The van der Waals surface area contributed by atoms with Gasteiger partial charge in [-0.25, -0.2) is 8.78 Å². The zero-order chi connectivity index (χ0) is 14.8. The van der Waals surface area contributed by atoms with E-state index in [0.29, 0.717) is 0 Å². The molecule has 20 heavy (non-hydrogen) atoms. The predicted octanol–water partition coefficient (Wildman–Crippen LogP) is 3.34. The molecule has 0 amide bonds. The molecule has 1 fully saturated rings. The highest BCUT2D eigenvalue weighted by Gasteiger charge is 2.35. The number of carbonyl (C=O) groups excluding carboxylic acids is 1. The molecule has 0 unspecified atom stereocenters. The molecule has 0 N–H and O–H groups in total. The SMILES string of the molecule is CC(C)(C(=O)Cc1c(F)cccc1F)N1CCCCC1. The summed E-state index contributed by atoms with van der Waals surface area (Å²) in [4.78, 5) is 14.6. The predicted molar refractivity (Wildman–Crippen MR) is 74.6 cm³/mol. The minimum atomic E-state index is -0.671. The molecule has 0 spiro atoms.